The van der Waals surface area contributed by atoms with E-state index < -0.39 is 25.1 Å². The highest BCUT2D eigenvalue weighted by Crippen LogP contribution is 2.47. The highest BCUT2D eigenvalue weighted by atomic mass is 31.2. The minimum atomic E-state index is -4.05. The van der Waals surface area contributed by atoms with Gasteiger partial charge in [-0.15, -0.1) is 0 Å². The lowest BCUT2D eigenvalue weighted by Gasteiger charge is -2.41. The third kappa shape index (κ3) is 22.8. The van der Waals surface area contributed by atoms with E-state index in [-0.39, 0.29) is 6.61 Å². The zero-order valence-corrected chi connectivity index (χ0v) is 27.8. The Labute approximate surface area is 242 Å². The summed E-state index contributed by atoms with van der Waals surface area (Å²) in [5, 5.41) is 0. The summed E-state index contributed by atoms with van der Waals surface area (Å²) in [5.74, 6) is -0.588. The molecule has 0 amide bonds. The van der Waals surface area contributed by atoms with E-state index in [2.05, 4.69) is 31.2 Å². The zero-order valence-electron chi connectivity index (χ0n) is 26.9. The van der Waals surface area contributed by atoms with Gasteiger partial charge in [-0.05, 0) is 78.6 Å². The number of nitrogens with zero attached hydrogens (tertiary/aromatic N) is 1. The second-order valence-corrected chi connectivity index (χ2v) is 14.6. The number of unbranched alkanes of at least 4 members (excludes halogenated alkanes) is 10. The molecule has 0 spiro atoms. The van der Waals surface area contributed by atoms with Crippen LogP contribution in [0, 0.1) is 0 Å². The van der Waals surface area contributed by atoms with Crippen molar-refractivity contribution in [1.82, 2.24) is 0 Å². The average Bonchev–Trinajstić information content (AvgIpc) is 2.82. The van der Waals surface area contributed by atoms with Gasteiger partial charge in [-0.1, -0.05) is 63.8 Å². The van der Waals surface area contributed by atoms with Gasteiger partial charge in [0, 0.05) is 13.0 Å². The van der Waals surface area contributed by atoms with E-state index in [1.807, 2.05) is 48.8 Å². The maximum Gasteiger partial charge on any atom is 0.193 e. The van der Waals surface area contributed by atoms with Gasteiger partial charge in [-0.3, -0.25) is 0 Å². The Bertz CT molecular complexity index is 681. The predicted octanol–water partition coefficient (Wildman–Crippen LogP) is 8.40. The maximum atomic E-state index is 12.8. The van der Waals surface area contributed by atoms with E-state index in [9.17, 15) is 9.46 Å². The summed E-state index contributed by atoms with van der Waals surface area (Å²) < 4.78 is 30.5. The van der Waals surface area contributed by atoms with E-state index in [1.54, 1.807) is 0 Å². The van der Waals surface area contributed by atoms with Crippen LogP contribution in [-0.4, -0.2) is 62.9 Å². The van der Waals surface area contributed by atoms with Crippen molar-refractivity contribution >= 4 is 7.60 Å². The molecule has 0 saturated carbocycles. The molecule has 232 valence electrons. The molecule has 0 heterocycles. The topological polar surface area (TPSA) is 67.8 Å². The maximum absolute atomic E-state index is 12.8. The van der Waals surface area contributed by atoms with Crippen LogP contribution in [0.3, 0.4) is 0 Å². The van der Waals surface area contributed by atoms with Crippen LogP contribution in [0.5, 0.6) is 0 Å². The van der Waals surface area contributed by atoms with Gasteiger partial charge >= 0.3 is 0 Å². The average molecular weight is 574 g/mol. The van der Waals surface area contributed by atoms with Crippen molar-refractivity contribution in [2.75, 3.05) is 41.0 Å². The fourth-order valence-electron chi connectivity index (χ4n) is 4.63. The van der Waals surface area contributed by atoms with Crippen LogP contribution in [0.4, 0.5) is 0 Å². The number of ether oxygens (including phenoxy) is 2. The van der Waals surface area contributed by atoms with Crippen molar-refractivity contribution in [3.8, 4) is 0 Å². The second kappa shape index (κ2) is 22.2. The van der Waals surface area contributed by atoms with Crippen molar-refractivity contribution < 1.29 is 27.9 Å². The van der Waals surface area contributed by atoms with Crippen molar-refractivity contribution in [3.63, 3.8) is 0 Å². The Kier molecular flexibility index (Phi) is 21.9. The Balaban J connectivity index is 4.05. The second-order valence-electron chi connectivity index (χ2n) is 12.7. The van der Waals surface area contributed by atoms with Gasteiger partial charge in [0.15, 0.2) is 13.4 Å². The lowest BCUT2D eigenvalue weighted by atomic mass is 10.1. The van der Waals surface area contributed by atoms with Gasteiger partial charge in [0.05, 0.1) is 40.0 Å². The fraction of sp³-hybridized carbons (Fsp3) is 0.875. The van der Waals surface area contributed by atoms with Crippen molar-refractivity contribution in [3.05, 3.63) is 24.3 Å². The van der Waals surface area contributed by atoms with Crippen LogP contribution < -0.4 is 4.89 Å². The summed E-state index contributed by atoms with van der Waals surface area (Å²) in [6.07, 6.45) is 25.4. The Morgan fingerprint density at radius 2 is 1.26 bits per heavy atom. The molecule has 2 unspecified atom stereocenters. The zero-order chi connectivity index (χ0) is 29.6. The first-order chi connectivity index (χ1) is 18.3. The summed E-state index contributed by atoms with van der Waals surface area (Å²) in [7, 11) is 1.58. The van der Waals surface area contributed by atoms with Gasteiger partial charge < -0.3 is 27.9 Å². The molecule has 0 aliphatic heterocycles. The van der Waals surface area contributed by atoms with E-state index in [4.69, 9.17) is 14.0 Å². The first-order valence-corrected chi connectivity index (χ1v) is 17.3. The summed E-state index contributed by atoms with van der Waals surface area (Å²) in [5.41, 5.74) is -0.411. The predicted molar refractivity (Wildman–Crippen MR) is 165 cm³/mol. The molecule has 0 saturated heterocycles. The van der Waals surface area contributed by atoms with Crippen molar-refractivity contribution in [2.24, 2.45) is 0 Å². The normalized spacial score (nSPS) is 16.2. The standard InChI is InChI=1S/C32H64NO5P/c1-9-11-12-13-14-15-16-17-18-19-20-21-22-23-24-25-26-27-36-28-30(38-32(3,4)5)29-37-39(34,35)31(10-2)33(6,7)8/h15-16,21-22,30-31H,9-14,17-20,23-29H2,1-8H3/b16-15-,22-21-/t30-,31?/m1/s1. The number of quaternary nitrogens is 1. The number of hydrogen-bond acceptors (Lipinski definition) is 5. The molecule has 0 aromatic heterocycles. The molecular weight excluding hydrogens is 509 g/mol. The molecule has 0 N–H and O–H groups in total. The largest absolute Gasteiger partial charge is 0.774 e. The molecular formula is C32H64NO5P. The number of rotatable bonds is 25. The molecule has 7 heteroatoms. The Hall–Kier alpha value is -0.490. The van der Waals surface area contributed by atoms with Crippen LogP contribution in [0.1, 0.15) is 125 Å². The summed E-state index contributed by atoms with van der Waals surface area (Å²) in [6, 6.07) is 0. The lowest BCUT2D eigenvalue weighted by Crippen LogP contribution is -2.47. The van der Waals surface area contributed by atoms with Crippen LogP contribution in [-0.2, 0) is 18.6 Å². The Morgan fingerprint density at radius 1 is 0.769 bits per heavy atom. The molecule has 39 heavy (non-hydrogen) atoms. The quantitative estimate of drug-likeness (QED) is 0.0475. The fourth-order valence-corrected chi connectivity index (χ4v) is 6.47. The van der Waals surface area contributed by atoms with E-state index in [1.165, 1.54) is 57.8 Å². The smallest absolute Gasteiger partial charge is 0.193 e. The summed E-state index contributed by atoms with van der Waals surface area (Å²) in [6.45, 7) is 11.0. The highest BCUT2D eigenvalue weighted by molar-refractivity contribution is 7.51. The molecule has 0 radical (unpaired) electrons. The third-order valence-corrected chi connectivity index (χ3v) is 8.89. The van der Waals surface area contributed by atoms with Crippen LogP contribution in [0.2, 0.25) is 0 Å². The SMILES string of the molecule is CCCCCC/C=C\CCCC/C=C\CCCCCOC[C@H](COP(=O)([O-])C(CC)[N+](C)(C)C)OC(C)(C)C. The molecule has 3 atom stereocenters. The number of hydrogen-bond donors (Lipinski definition) is 0. The lowest BCUT2D eigenvalue weighted by molar-refractivity contribution is -0.884. The first kappa shape index (κ1) is 38.5. The highest BCUT2D eigenvalue weighted by Gasteiger charge is 2.34. The monoisotopic (exact) mass is 573 g/mol. The van der Waals surface area contributed by atoms with Gasteiger partial charge in [-0.2, -0.15) is 0 Å². The summed E-state index contributed by atoms with van der Waals surface area (Å²) >= 11 is 0. The minimum Gasteiger partial charge on any atom is -0.774 e. The third-order valence-electron chi connectivity index (χ3n) is 6.60. The molecule has 6 nitrogen and oxygen atoms in total. The van der Waals surface area contributed by atoms with Crippen LogP contribution in [0.25, 0.3) is 0 Å². The molecule has 0 aromatic carbocycles. The Morgan fingerprint density at radius 3 is 1.69 bits per heavy atom. The van der Waals surface area contributed by atoms with Crippen LogP contribution >= 0.6 is 7.60 Å². The minimum absolute atomic E-state index is 0.0192. The van der Waals surface area contributed by atoms with Gasteiger partial charge in [0.2, 0.25) is 0 Å². The van der Waals surface area contributed by atoms with Gasteiger partial charge in [0.25, 0.3) is 0 Å². The summed E-state index contributed by atoms with van der Waals surface area (Å²) in [4.78, 5) is 12.8. The van der Waals surface area contributed by atoms with Crippen LogP contribution in [0.15, 0.2) is 24.3 Å². The van der Waals surface area contributed by atoms with E-state index in [0.717, 1.165) is 25.7 Å². The molecule has 0 bridgehead atoms. The molecule has 0 aliphatic carbocycles. The molecule has 0 rings (SSSR count). The molecule has 0 aliphatic rings. The first-order valence-electron chi connectivity index (χ1n) is 15.7. The van der Waals surface area contributed by atoms with Gasteiger partial charge in [0.1, 0.15) is 6.10 Å². The molecule has 0 aromatic rings. The van der Waals surface area contributed by atoms with E-state index >= 15 is 0 Å². The van der Waals surface area contributed by atoms with E-state index in [0.29, 0.717) is 24.1 Å². The van der Waals surface area contributed by atoms with Crippen molar-refractivity contribution in [1.29, 1.82) is 0 Å². The van der Waals surface area contributed by atoms with Crippen molar-refractivity contribution in [2.45, 2.75) is 142 Å². The van der Waals surface area contributed by atoms with Gasteiger partial charge in [-0.25, -0.2) is 0 Å². The molecule has 0 fully saturated rings. The number of allylic oxidation sites excluding steroid dienone is 4.